The SMILES string of the molecule is CCCNc1ncc(C(=O)Nc2ncccc2Br)cc1Cl. The Labute approximate surface area is 136 Å². The molecule has 2 heterocycles. The van der Waals surface area contributed by atoms with Crippen molar-refractivity contribution in [2.75, 3.05) is 17.2 Å². The number of carbonyl (C=O) groups excluding carboxylic acids is 1. The van der Waals surface area contributed by atoms with Crippen molar-refractivity contribution >= 4 is 45.1 Å². The lowest BCUT2D eigenvalue weighted by Gasteiger charge is -2.09. The van der Waals surface area contributed by atoms with E-state index in [9.17, 15) is 4.79 Å². The molecule has 0 aromatic carbocycles. The Morgan fingerprint density at radius 2 is 2.19 bits per heavy atom. The zero-order valence-corrected chi connectivity index (χ0v) is 13.7. The van der Waals surface area contributed by atoms with Gasteiger partial charge in [0.1, 0.15) is 11.6 Å². The predicted molar refractivity (Wildman–Crippen MR) is 87.9 cm³/mol. The third kappa shape index (κ3) is 4.15. The summed E-state index contributed by atoms with van der Waals surface area (Å²) in [4.78, 5) is 20.4. The molecule has 0 fully saturated rings. The third-order valence-corrected chi connectivity index (χ3v) is 3.56. The van der Waals surface area contributed by atoms with Crippen LogP contribution in [0.25, 0.3) is 0 Å². The summed E-state index contributed by atoms with van der Waals surface area (Å²) in [7, 11) is 0. The molecule has 21 heavy (non-hydrogen) atoms. The number of pyridine rings is 2. The molecule has 7 heteroatoms. The second-order valence-electron chi connectivity index (χ2n) is 4.27. The first-order valence-corrected chi connectivity index (χ1v) is 7.60. The standard InChI is InChI=1S/C14H14BrClN4O/c1-2-5-17-13-11(16)7-9(8-19-13)14(21)20-12-10(15)4-3-6-18-12/h3-4,6-8H,2,5H2,1H3,(H,17,19)(H,18,20,21). The monoisotopic (exact) mass is 368 g/mol. The van der Waals surface area contributed by atoms with Gasteiger partial charge in [-0.25, -0.2) is 9.97 Å². The van der Waals surface area contributed by atoms with Crippen LogP contribution in [0.4, 0.5) is 11.6 Å². The molecule has 2 N–H and O–H groups in total. The van der Waals surface area contributed by atoms with E-state index in [4.69, 9.17) is 11.6 Å². The average molecular weight is 370 g/mol. The second kappa shape index (κ2) is 7.38. The number of aromatic nitrogens is 2. The second-order valence-corrected chi connectivity index (χ2v) is 5.53. The highest BCUT2D eigenvalue weighted by Crippen LogP contribution is 2.22. The minimum Gasteiger partial charge on any atom is -0.369 e. The molecule has 0 aliphatic carbocycles. The molecule has 110 valence electrons. The Hall–Kier alpha value is -1.66. The summed E-state index contributed by atoms with van der Waals surface area (Å²) in [6.07, 6.45) is 4.05. The third-order valence-electron chi connectivity index (χ3n) is 2.64. The van der Waals surface area contributed by atoms with Crippen LogP contribution in [0.15, 0.2) is 35.1 Å². The van der Waals surface area contributed by atoms with E-state index >= 15 is 0 Å². The van der Waals surface area contributed by atoms with Gasteiger partial charge < -0.3 is 10.6 Å². The summed E-state index contributed by atoms with van der Waals surface area (Å²) < 4.78 is 0.707. The Balaban J connectivity index is 2.13. The zero-order valence-electron chi connectivity index (χ0n) is 11.4. The van der Waals surface area contributed by atoms with Gasteiger partial charge in [-0.05, 0) is 40.5 Å². The summed E-state index contributed by atoms with van der Waals surface area (Å²) in [6.45, 7) is 2.83. The molecular formula is C14H14BrClN4O. The molecule has 0 atom stereocenters. The maximum atomic E-state index is 12.2. The van der Waals surface area contributed by atoms with Crippen LogP contribution in [0.3, 0.4) is 0 Å². The minimum atomic E-state index is -0.314. The highest BCUT2D eigenvalue weighted by molar-refractivity contribution is 9.10. The first kappa shape index (κ1) is 15.7. The first-order valence-electron chi connectivity index (χ1n) is 6.43. The van der Waals surface area contributed by atoms with Crippen molar-refractivity contribution in [3.8, 4) is 0 Å². The lowest BCUT2D eigenvalue weighted by atomic mass is 10.2. The van der Waals surface area contributed by atoms with Gasteiger partial charge in [-0.1, -0.05) is 18.5 Å². The number of amides is 1. The predicted octanol–water partition coefficient (Wildman–Crippen LogP) is 3.97. The lowest BCUT2D eigenvalue weighted by molar-refractivity contribution is 0.102. The quantitative estimate of drug-likeness (QED) is 0.837. The average Bonchev–Trinajstić information content (AvgIpc) is 2.48. The van der Waals surface area contributed by atoms with Gasteiger partial charge in [-0.2, -0.15) is 0 Å². The highest BCUT2D eigenvalue weighted by Gasteiger charge is 2.12. The van der Waals surface area contributed by atoms with Gasteiger partial charge in [0, 0.05) is 18.9 Å². The van der Waals surface area contributed by atoms with E-state index in [1.165, 1.54) is 6.20 Å². The summed E-state index contributed by atoms with van der Waals surface area (Å²) in [5.74, 6) is 0.715. The summed E-state index contributed by atoms with van der Waals surface area (Å²) in [5, 5.41) is 6.21. The molecule has 2 rings (SSSR count). The fraction of sp³-hybridized carbons (Fsp3) is 0.214. The van der Waals surface area contributed by atoms with Gasteiger partial charge in [-0.15, -0.1) is 0 Å². The molecule has 0 saturated carbocycles. The van der Waals surface area contributed by atoms with Crippen LogP contribution in [0.2, 0.25) is 5.02 Å². The number of rotatable bonds is 5. The highest BCUT2D eigenvalue weighted by atomic mass is 79.9. The number of halogens is 2. The van der Waals surface area contributed by atoms with Gasteiger partial charge in [0.15, 0.2) is 0 Å². The molecule has 1 amide bonds. The van der Waals surface area contributed by atoms with Crippen LogP contribution in [0.5, 0.6) is 0 Å². The number of anilines is 2. The molecule has 0 aliphatic heterocycles. The fourth-order valence-corrected chi connectivity index (χ4v) is 2.18. The summed E-state index contributed by atoms with van der Waals surface area (Å²) in [6, 6.07) is 5.15. The van der Waals surface area contributed by atoms with Crippen molar-refractivity contribution < 1.29 is 4.79 Å². The Kier molecular flexibility index (Phi) is 5.52. The van der Waals surface area contributed by atoms with Gasteiger partial charge in [0.2, 0.25) is 0 Å². The van der Waals surface area contributed by atoms with Crippen molar-refractivity contribution in [1.82, 2.24) is 9.97 Å². The van der Waals surface area contributed by atoms with E-state index in [1.807, 2.05) is 6.92 Å². The number of hydrogen-bond donors (Lipinski definition) is 2. The van der Waals surface area contributed by atoms with E-state index in [-0.39, 0.29) is 5.91 Å². The van der Waals surface area contributed by atoms with E-state index in [0.29, 0.717) is 26.7 Å². The molecule has 5 nitrogen and oxygen atoms in total. The largest absolute Gasteiger partial charge is 0.369 e. The molecule has 0 bridgehead atoms. The van der Waals surface area contributed by atoms with E-state index in [2.05, 4.69) is 36.5 Å². The van der Waals surface area contributed by atoms with Crippen molar-refractivity contribution in [2.45, 2.75) is 13.3 Å². The Bertz CT molecular complexity index is 651. The molecule has 2 aromatic heterocycles. The molecule has 0 saturated heterocycles. The Morgan fingerprint density at radius 3 is 2.86 bits per heavy atom. The van der Waals surface area contributed by atoms with Crippen LogP contribution < -0.4 is 10.6 Å². The van der Waals surface area contributed by atoms with Crippen LogP contribution in [0.1, 0.15) is 23.7 Å². The van der Waals surface area contributed by atoms with Crippen LogP contribution in [-0.2, 0) is 0 Å². The van der Waals surface area contributed by atoms with Gasteiger partial charge in [-0.3, -0.25) is 4.79 Å². The maximum Gasteiger partial charge on any atom is 0.258 e. The number of hydrogen-bond acceptors (Lipinski definition) is 4. The molecule has 2 aromatic rings. The van der Waals surface area contributed by atoms with E-state index in [1.54, 1.807) is 24.4 Å². The van der Waals surface area contributed by atoms with Gasteiger partial charge >= 0.3 is 0 Å². The number of carbonyl (C=O) groups is 1. The minimum absolute atomic E-state index is 0.314. The van der Waals surface area contributed by atoms with Crippen LogP contribution >= 0.6 is 27.5 Å². The van der Waals surface area contributed by atoms with Crippen molar-refractivity contribution in [1.29, 1.82) is 0 Å². The van der Waals surface area contributed by atoms with Crippen LogP contribution in [0, 0.1) is 0 Å². The maximum absolute atomic E-state index is 12.2. The summed E-state index contributed by atoms with van der Waals surface area (Å²) >= 11 is 9.44. The van der Waals surface area contributed by atoms with Crippen molar-refractivity contribution in [2.24, 2.45) is 0 Å². The number of nitrogens with zero attached hydrogens (tertiary/aromatic N) is 2. The zero-order chi connectivity index (χ0) is 15.2. The molecular weight excluding hydrogens is 356 g/mol. The van der Waals surface area contributed by atoms with E-state index < -0.39 is 0 Å². The molecule has 0 spiro atoms. The van der Waals surface area contributed by atoms with Crippen LogP contribution in [-0.4, -0.2) is 22.4 Å². The molecule has 0 unspecified atom stereocenters. The first-order chi connectivity index (χ1) is 10.1. The molecule has 0 aliphatic rings. The topological polar surface area (TPSA) is 66.9 Å². The molecule has 0 radical (unpaired) electrons. The fourth-order valence-electron chi connectivity index (χ4n) is 1.59. The van der Waals surface area contributed by atoms with E-state index in [0.717, 1.165) is 13.0 Å². The van der Waals surface area contributed by atoms with Crippen molar-refractivity contribution in [3.05, 3.63) is 45.7 Å². The van der Waals surface area contributed by atoms with Crippen molar-refractivity contribution in [3.63, 3.8) is 0 Å². The van der Waals surface area contributed by atoms with Gasteiger partial charge in [0.25, 0.3) is 5.91 Å². The summed E-state index contributed by atoms with van der Waals surface area (Å²) in [5.41, 5.74) is 0.375. The lowest BCUT2D eigenvalue weighted by Crippen LogP contribution is -2.14. The Morgan fingerprint density at radius 1 is 1.38 bits per heavy atom. The van der Waals surface area contributed by atoms with Gasteiger partial charge in [0.05, 0.1) is 15.1 Å². The normalized spacial score (nSPS) is 10.2. The smallest absolute Gasteiger partial charge is 0.258 e. The number of nitrogens with one attached hydrogen (secondary N) is 2.